The minimum Gasteiger partial charge on any atom is -0.394 e. The van der Waals surface area contributed by atoms with Crippen LogP contribution in [0.1, 0.15) is 6.92 Å². The van der Waals surface area contributed by atoms with Crippen LogP contribution in [-0.4, -0.2) is 48.9 Å². The number of aromatic nitrogens is 4. The fraction of sp³-hybridized carbons (Fsp3) is 0.250. The van der Waals surface area contributed by atoms with E-state index in [0.29, 0.717) is 17.2 Å². The molecular weight excluding hydrogens is 294 g/mol. The summed E-state index contributed by atoms with van der Waals surface area (Å²) >= 11 is 0. The summed E-state index contributed by atoms with van der Waals surface area (Å²) in [6, 6.07) is 5.43. The summed E-state index contributed by atoms with van der Waals surface area (Å²) in [6.07, 6.45) is 6.65. The van der Waals surface area contributed by atoms with Gasteiger partial charge in [0, 0.05) is 29.5 Å². The Morgan fingerprint density at radius 2 is 1.70 bits per heavy atom. The number of rotatable bonds is 5. The van der Waals surface area contributed by atoms with Crippen LogP contribution in [0.2, 0.25) is 0 Å². The SMILES string of the molecule is CC(CO)(CO)Nc1nc(-c2ccncc2)nc2cnccc12. The third-order valence-electron chi connectivity index (χ3n) is 3.56. The van der Waals surface area contributed by atoms with Gasteiger partial charge in [0.25, 0.3) is 0 Å². The molecule has 3 rings (SSSR count). The van der Waals surface area contributed by atoms with Gasteiger partial charge in [-0.1, -0.05) is 0 Å². The van der Waals surface area contributed by atoms with E-state index in [9.17, 15) is 10.2 Å². The second kappa shape index (κ2) is 6.23. The predicted molar refractivity (Wildman–Crippen MR) is 86.8 cm³/mol. The van der Waals surface area contributed by atoms with Crippen molar-refractivity contribution in [2.24, 2.45) is 0 Å². The quantitative estimate of drug-likeness (QED) is 0.651. The highest BCUT2D eigenvalue weighted by Gasteiger charge is 2.24. The van der Waals surface area contributed by atoms with Gasteiger partial charge >= 0.3 is 0 Å². The molecule has 0 unspecified atom stereocenters. The third-order valence-corrected chi connectivity index (χ3v) is 3.56. The summed E-state index contributed by atoms with van der Waals surface area (Å²) < 4.78 is 0. The van der Waals surface area contributed by atoms with Crippen LogP contribution in [0.15, 0.2) is 43.0 Å². The van der Waals surface area contributed by atoms with Crippen molar-refractivity contribution in [3.05, 3.63) is 43.0 Å². The lowest BCUT2D eigenvalue weighted by molar-refractivity contribution is 0.147. The Morgan fingerprint density at radius 3 is 2.39 bits per heavy atom. The van der Waals surface area contributed by atoms with Crippen LogP contribution in [0, 0.1) is 0 Å². The molecule has 3 N–H and O–H groups in total. The normalized spacial score (nSPS) is 11.6. The number of nitrogens with one attached hydrogen (secondary N) is 1. The molecule has 23 heavy (non-hydrogen) atoms. The first kappa shape index (κ1) is 15.3. The van der Waals surface area contributed by atoms with Gasteiger partial charge < -0.3 is 15.5 Å². The van der Waals surface area contributed by atoms with Crippen molar-refractivity contribution < 1.29 is 10.2 Å². The van der Waals surface area contributed by atoms with Crippen LogP contribution >= 0.6 is 0 Å². The van der Waals surface area contributed by atoms with Gasteiger partial charge in [-0.3, -0.25) is 9.97 Å². The highest BCUT2D eigenvalue weighted by atomic mass is 16.3. The number of nitrogens with zero attached hydrogens (tertiary/aromatic N) is 4. The summed E-state index contributed by atoms with van der Waals surface area (Å²) in [6.45, 7) is 1.25. The molecule has 0 spiro atoms. The van der Waals surface area contributed by atoms with E-state index < -0.39 is 5.54 Å². The smallest absolute Gasteiger partial charge is 0.162 e. The minimum absolute atomic E-state index is 0.231. The molecule has 0 radical (unpaired) electrons. The lowest BCUT2D eigenvalue weighted by Crippen LogP contribution is -2.42. The number of fused-ring (bicyclic) bond motifs is 1. The fourth-order valence-electron chi connectivity index (χ4n) is 2.12. The van der Waals surface area contributed by atoms with Crippen molar-refractivity contribution >= 4 is 16.7 Å². The van der Waals surface area contributed by atoms with Gasteiger partial charge in [-0.2, -0.15) is 0 Å². The van der Waals surface area contributed by atoms with Crippen LogP contribution in [0.3, 0.4) is 0 Å². The van der Waals surface area contributed by atoms with E-state index in [2.05, 4.69) is 25.3 Å². The number of hydrogen-bond donors (Lipinski definition) is 3. The summed E-state index contributed by atoms with van der Waals surface area (Å²) in [5, 5.41) is 22.9. The molecule has 0 aliphatic rings. The highest BCUT2D eigenvalue weighted by molar-refractivity contribution is 5.90. The Kier molecular flexibility index (Phi) is 4.14. The van der Waals surface area contributed by atoms with Gasteiger partial charge in [0.1, 0.15) is 5.82 Å². The van der Waals surface area contributed by atoms with Crippen LogP contribution in [-0.2, 0) is 0 Å². The number of aliphatic hydroxyl groups is 2. The topological polar surface area (TPSA) is 104 Å². The summed E-state index contributed by atoms with van der Waals surface area (Å²) in [4.78, 5) is 17.2. The van der Waals surface area contributed by atoms with Crippen molar-refractivity contribution in [2.75, 3.05) is 18.5 Å². The average Bonchev–Trinajstić information content (AvgIpc) is 2.62. The molecule has 0 aliphatic carbocycles. The fourth-order valence-corrected chi connectivity index (χ4v) is 2.12. The van der Waals surface area contributed by atoms with E-state index in [4.69, 9.17) is 0 Å². The number of aliphatic hydroxyl groups excluding tert-OH is 2. The summed E-state index contributed by atoms with van der Waals surface area (Å²) in [7, 11) is 0. The molecule has 3 aromatic heterocycles. The first-order valence-corrected chi connectivity index (χ1v) is 7.17. The Hall–Kier alpha value is -2.64. The maximum atomic E-state index is 9.52. The zero-order valence-corrected chi connectivity index (χ0v) is 12.6. The number of anilines is 1. The monoisotopic (exact) mass is 311 g/mol. The lowest BCUT2D eigenvalue weighted by Gasteiger charge is -2.27. The molecule has 7 nitrogen and oxygen atoms in total. The van der Waals surface area contributed by atoms with Crippen molar-refractivity contribution in [1.29, 1.82) is 0 Å². The molecule has 7 heteroatoms. The van der Waals surface area contributed by atoms with Crippen molar-refractivity contribution in [3.63, 3.8) is 0 Å². The number of hydrogen-bond acceptors (Lipinski definition) is 7. The molecule has 0 aromatic carbocycles. The van der Waals surface area contributed by atoms with Gasteiger partial charge in [-0.05, 0) is 25.1 Å². The van der Waals surface area contributed by atoms with E-state index in [1.54, 1.807) is 37.8 Å². The molecular formula is C16H17N5O2. The minimum atomic E-state index is -0.889. The maximum absolute atomic E-state index is 9.52. The van der Waals surface area contributed by atoms with E-state index in [-0.39, 0.29) is 13.2 Å². The van der Waals surface area contributed by atoms with Crippen molar-refractivity contribution in [2.45, 2.75) is 12.5 Å². The molecule has 0 bridgehead atoms. The summed E-state index contributed by atoms with van der Waals surface area (Å²) in [5.74, 6) is 1.06. The van der Waals surface area contributed by atoms with Gasteiger partial charge in [0.05, 0.1) is 30.5 Å². The number of pyridine rings is 2. The molecule has 0 amide bonds. The van der Waals surface area contributed by atoms with Crippen LogP contribution in [0.5, 0.6) is 0 Å². The largest absolute Gasteiger partial charge is 0.394 e. The van der Waals surface area contributed by atoms with Gasteiger partial charge in [-0.25, -0.2) is 9.97 Å². The second-order valence-electron chi connectivity index (χ2n) is 5.53. The molecule has 3 heterocycles. The first-order valence-electron chi connectivity index (χ1n) is 7.17. The van der Waals surface area contributed by atoms with Gasteiger partial charge in [0.2, 0.25) is 0 Å². The Morgan fingerprint density at radius 1 is 1.00 bits per heavy atom. The second-order valence-corrected chi connectivity index (χ2v) is 5.53. The third kappa shape index (κ3) is 3.10. The van der Waals surface area contributed by atoms with Crippen molar-refractivity contribution in [3.8, 4) is 11.4 Å². The standard InChI is InChI=1S/C16H17N5O2/c1-16(9-22,10-23)21-15-12-4-7-18-8-13(12)19-14(20-15)11-2-5-17-6-3-11/h2-8,22-23H,9-10H2,1H3,(H,19,20,21). The van der Waals surface area contributed by atoms with E-state index in [1.807, 2.05) is 12.1 Å². The van der Waals surface area contributed by atoms with Crippen molar-refractivity contribution in [1.82, 2.24) is 19.9 Å². The Balaban J connectivity index is 2.15. The molecule has 0 atom stereocenters. The average molecular weight is 311 g/mol. The zero-order chi connectivity index (χ0) is 16.3. The van der Waals surface area contributed by atoms with E-state index in [1.165, 1.54) is 0 Å². The molecule has 0 saturated carbocycles. The predicted octanol–water partition coefficient (Wildman–Crippen LogP) is 1.24. The van der Waals surface area contributed by atoms with Crippen LogP contribution in [0.4, 0.5) is 5.82 Å². The van der Waals surface area contributed by atoms with Gasteiger partial charge in [0.15, 0.2) is 5.82 Å². The molecule has 0 aliphatic heterocycles. The highest BCUT2D eigenvalue weighted by Crippen LogP contribution is 2.26. The first-order chi connectivity index (χ1) is 11.1. The summed E-state index contributed by atoms with van der Waals surface area (Å²) in [5.41, 5.74) is 0.610. The maximum Gasteiger partial charge on any atom is 0.162 e. The Bertz CT molecular complexity index is 806. The van der Waals surface area contributed by atoms with Crippen LogP contribution in [0.25, 0.3) is 22.3 Å². The Labute approximate surface area is 133 Å². The van der Waals surface area contributed by atoms with E-state index >= 15 is 0 Å². The lowest BCUT2D eigenvalue weighted by atomic mass is 10.1. The van der Waals surface area contributed by atoms with Gasteiger partial charge in [-0.15, -0.1) is 0 Å². The van der Waals surface area contributed by atoms with E-state index in [0.717, 1.165) is 10.9 Å². The molecule has 0 fully saturated rings. The molecule has 118 valence electrons. The molecule has 3 aromatic rings. The molecule has 0 saturated heterocycles. The zero-order valence-electron chi connectivity index (χ0n) is 12.6. The van der Waals surface area contributed by atoms with Crippen LogP contribution < -0.4 is 5.32 Å².